The summed E-state index contributed by atoms with van der Waals surface area (Å²) in [6.07, 6.45) is 3.82. The van der Waals surface area contributed by atoms with Gasteiger partial charge in [-0.25, -0.2) is 18.1 Å². The quantitative estimate of drug-likeness (QED) is 0.364. The van der Waals surface area contributed by atoms with Crippen LogP contribution in [0.5, 0.6) is 5.75 Å². The summed E-state index contributed by atoms with van der Waals surface area (Å²) in [6, 6.07) is 16.9. The molecule has 6 rings (SSSR count). The van der Waals surface area contributed by atoms with E-state index in [1.54, 1.807) is 24.0 Å². The molecule has 202 valence electrons. The van der Waals surface area contributed by atoms with Crippen LogP contribution in [0.25, 0.3) is 22.2 Å². The molecule has 9 heteroatoms. The van der Waals surface area contributed by atoms with Gasteiger partial charge < -0.3 is 14.6 Å². The molecule has 0 saturated heterocycles. The lowest BCUT2D eigenvalue weighted by Gasteiger charge is -2.21. The monoisotopic (exact) mass is 544 g/mol. The summed E-state index contributed by atoms with van der Waals surface area (Å²) in [5.74, 6) is 1.50. The van der Waals surface area contributed by atoms with Crippen LogP contribution in [0.2, 0.25) is 0 Å². The number of rotatable bonds is 5. The molecular formula is C30H32N4O4S. The smallest absolute Gasteiger partial charge is 0.254 e. The van der Waals surface area contributed by atoms with Gasteiger partial charge in [-0.2, -0.15) is 0 Å². The molecule has 1 saturated carbocycles. The fourth-order valence-corrected chi connectivity index (χ4v) is 7.00. The molecule has 0 bridgehead atoms. The molecule has 1 aromatic heterocycles. The summed E-state index contributed by atoms with van der Waals surface area (Å²) < 4.78 is 34.6. The third kappa shape index (κ3) is 5.16. The lowest BCUT2D eigenvalue weighted by atomic mass is 10.0. The minimum absolute atomic E-state index is 0.0100. The molecule has 1 aliphatic carbocycles. The number of aryl methyl sites for hydroxylation is 2. The van der Waals surface area contributed by atoms with Crippen molar-refractivity contribution in [2.75, 3.05) is 13.2 Å². The van der Waals surface area contributed by atoms with Gasteiger partial charge in [0.05, 0.1) is 22.5 Å². The van der Waals surface area contributed by atoms with Crippen molar-refractivity contribution in [3.05, 3.63) is 77.1 Å². The Morgan fingerprint density at radius 1 is 1.03 bits per heavy atom. The second-order valence-electron chi connectivity index (χ2n) is 10.5. The number of hydrogen-bond acceptors (Lipinski definition) is 5. The Morgan fingerprint density at radius 3 is 2.59 bits per heavy atom. The van der Waals surface area contributed by atoms with Crippen LogP contribution in [0, 0.1) is 13.8 Å². The van der Waals surface area contributed by atoms with Crippen LogP contribution in [-0.4, -0.2) is 48.4 Å². The number of fused-ring (bicyclic) bond motifs is 2. The highest BCUT2D eigenvalue weighted by Crippen LogP contribution is 2.31. The number of H-pyrrole nitrogens is 1. The minimum Gasteiger partial charge on any atom is -0.491 e. The molecule has 1 amide bonds. The molecule has 3 aromatic carbocycles. The Balaban J connectivity index is 1.24. The van der Waals surface area contributed by atoms with Crippen LogP contribution < -0.4 is 9.46 Å². The van der Waals surface area contributed by atoms with Crippen LogP contribution in [-0.2, 0) is 16.6 Å². The van der Waals surface area contributed by atoms with E-state index in [0.717, 1.165) is 65.0 Å². The number of aromatic nitrogens is 2. The molecule has 8 nitrogen and oxygen atoms in total. The van der Waals surface area contributed by atoms with E-state index in [9.17, 15) is 13.2 Å². The van der Waals surface area contributed by atoms with E-state index in [1.165, 1.54) is 6.07 Å². The van der Waals surface area contributed by atoms with Crippen LogP contribution in [0.4, 0.5) is 0 Å². The highest BCUT2D eigenvalue weighted by atomic mass is 32.2. The summed E-state index contributed by atoms with van der Waals surface area (Å²) in [6.45, 7) is 4.94. The van der Waals surface area contributed by atoms with Gasteiger partial charge in [-0.15, -0.1) is 0 Å². The molecule has 0 spiro atoms. The largest absolute Gasteiger partial charge is 0.491 e. The number of imidazole rings is 1. The van der Waals surface area contributed by atoms with Gasteiger partial charge in [0.15, 0.2) is 0 Å². The van der Waals surface area contributed by atoms with E-state index in [0.29, 0.717) is 30.8 Å². The maximum Gasteiger partial charge on any atom is 0.254 e. The second kappa shape index (κ2) is 10.1. The summed E-state index contributed by atoms with van der Waals surface area (Å²) in [7, 11) is -3.62. The van der Waals surface area contributed by atoms with E-state index in [1.807, 2.05) is 31.2 Å². The van der Waals surface area contributed by atoms with Gasteiger partial charge in [0, 0.05) is 23.7 Å². The van der Waals surface area contributed by atoms with Crippen molar-refractivity contribution in [3.8, 4) is 16.9 Å². The highest BCUT2D eigenvalue weighted by molar-refractivity contribution is 7.89. The van der Waals surface area contributed by atoms with Gasteiger partial charge in [0.25, 0.3) is 5.91 Å². The van der Waals surface area contributed by atoms with Gasteiger partial charge in [-0.3, -0.25) is 4.79 Å². The number of nitrogens with zero attached hydrogens (tertiary/aromatic N) is 2. The fourth-order valence-electron chi connectivity index (χ4n) is 5.61. The first-order valence-corrected chi connectivity index (χ1v) is 14.9. The first-order valence-electron chi connectivity index (χ1n) is 13.4. The molecule has 0 unspecified atom stereocenters. The van der Waals surface area contributed by atoms with Gasteiger partial charge in [0.2, 0.25) is 10.0 Å². The van der Waals surface area contributed by atoms with Gasteiger partial charge in [0.1, 0.15) is 18.2 Å². The Labute approximate surface area is 228 Å². The predicted molar refractivity (Wildman–Crippen MR) is 150 cm³/mol. The molecule has 39 heavy (non-hydrogen) atoms. The average Bonchev–Trinajstić information content (AvgIpc) is 3.49. The topological polar surface area (TPSA) is 104 Å². The SMILES string of the molecule is Cc1nc2ccc(-c3ccc4c(c3)CN(C(=O)c3ccc(S(=O)(=O)NC5CCCC5)cc3C)CCO4)cc2[nH]1. The normalized spacial score (nSPS) is 16.2. The number of aromatic amines is 1. The van der Waals surface area contributed by atoms with E-state index in [4.69, 9.17) is 4.74 Å². The number of nitrogens with one attached hydrogen (secondary N) is 2. The standard InChI is InChI=1S/C30H32N4O4S/c1-19-15-25(39(36,37)33-24-5-3-4-6-24)9-10-26(19)30(35)34-13-14-38-29-12-8-21(16-23(29)18-34)22-7-11-27-28(17-22)32-20(2)31-27/h7-12,15-17,24,33H,3-6,13-14,18H2,1-2H3,(H,31,32). The van der Waals surface area contributed by atoms with Gasteiger partial charge >= 0.3 is 0 Å². The average molecular weight is 545 g/mol. The summed E-state index contributed by atoms with van der Waals surface area (Å²) >= 11 is 0. The van der Waals surface area contributed by atoms with Crippen molar-refractivity contribution < 1.29 is 17.9 Å². The maximum atomic E-state index is 13.6. The maximum absolute atomic E-state index is 13.6. The number of ether oxygens (including phenoxy) is 1. The number of hydrogen-bond donors (Lipinski definition) is 2. The van der Waals surface area contributed by atoms with Crippen molar-refractivity contribution in [3.63, 3.8) is 0 Å². The zero-order chi connectivity index (χ0) is 27.1. The number of carbonyl (C=O) groups excluding carboxylic acids is 1. The predicted octanol–water partition coefficient (Wildman–Crippen LogP) is 5.10. The Morgan fingerprint density at radius 2 is 1.79 bits per heavy atom. The summed E-state index contributed by atoms with van der Waals surface area (Å²) in [5, 5.41) is 0. The van der Waals surface area contributed by atoms with E-state index >= 15 is 0 Å². The van der Waals surface area contributed by atoms with Crippen molar-refractivity contribution in [1.82, 2.24) is 19.6 Å². The first kappa shape index (κ1) is 25.6. The van der Waals surface area contributed by atoms with Crippen LogP contribution in [0.3, 0.4) is 0 Å². The zero-order valence-corrected chi connectivity index (χ0v) is 23.0. The van der Waals surface area contributed by atoms with Gasteiger partial charge in [-0.05, 0) is 85.8 Å². The van der Waals surface area contributed by atoms with Crippen molar-refractivity contribution in [2.45, 2.75) is 57.0 Å². The molecule has 1 aliphatic heterocycles. The lowest BCUT2D eigenvalue weighted by Crippen LogP contribution is -2.34. The molecular weight excluding hydrogens is 512 g/mol. The first-order chi connectivity index (χ1) is 18.8. The molecule has 0 atom stereocenters. The summed E-state index contributed by atoms with van der Waals surface area (Å²) in [4.78, 5) is 23.4. The number of carbonyl (C=O) groups is 1. The fraction of sp³-hybridized carbons (Fsp3) is 0.333. The summed E-state index contributed by atoms with van der Waals surface area (Å²) in [5.41, 5.74) is 6.04. The van der Waals surface area contributed by atoms with Crippen LogP contribution in [0.15, 0.2) is 59.5 Å². The lowest BCUT2D eigenvalue weighted by molar-refractivity contribution is 0.0732. The second-order valence-corrected chi connectivity index (χ2v) is 12.2. The Hall–Kier alpha value is -3.69. The Bertz CT molecular complexity index is 1670. The van der Waals surface area contributed by atoms with Gasteiger partial charge in [-0.1, -0.05) is 25.0 Å². The van der Waals surface area contributed by atoms with Crippen LogP contribution >= 0.6 is 0 Å². The van der Waals surface area contributed by atoms with E-state index < -0.39 is 10.0 Å². The van der Waals surface area contributed by atoms with Crippen molar-refractivity contribution >= 4 is 27.0 Å². The van der Waals surface area contributed by atoms with Crippen molar-refractivity contribution in [1.29, 1.82) is 0 Å². The molecule has 2 N–H and O–H groups in total. The number of sulfonamides is 1. The molecule has 1 fully saturated rings. The molecule has 2 aliphatic rings. The minimum atomic E-state index is -3.62. The van der Waals surface area contributed by atoms with Crippen molar-refractivity contribution in [2.24, 2.45) is 0 Å². The van der Waals surface area contributed by atoms with Crippen LogP contribution in [0.1, 0.15) is 53.0 Å². The third-order valence-corrected chi connectivity index (χ3v) is 9.20. The molecule has 0 radical (unpaired) electrons. The van der Waals surface area contributed by atoms with E-state index in [-0.39, 0.29) is 16.8 Å². The third-order valence-electron chi connectivity index (χ3n) is 7.68. The highest BCUT2D eigenvalue weighted by Gasteiger charge is 2.26. The number of amides is 1. The van der Waals surface area contributed by atoms with E-state index in [2.05, 4.69) is 26.8 Å². The zero-order valence-electron chi connectivity index (χ0n) is 22.2. The number of benzene rings is 3. The molecule has 4 aromatic rings. The Kier molecular flexibility index (Phi) is 6.64. The molecule has 2 heterocycles.